The predicted octanol–water partition coefficient (Wildman–Crippen LogP) is 3.67. The third kappa shape index (κ3) is 1.81. The summed E-state index contributed by atoms with van der Waals surface area (Å²) in [7, 11) is 1.65. The number of fused-ring (bicyclic) bond motifs is 1. The molecule has 1 atom stereocenters. The molecule has 0 aromatic heterocycles. The maximum atomic E-state index is 11.9. The van der Waals surface area contributed by atoms with Gasteiger partial charge in [0.1, 0.15) is 5.75 Å². The second kappa shape index (κ2) is 4.50. The third-order valence-corrected chi connectivity index (χ3v) is 4.30. The zero-order valence-electron chi connectivity index (χ0n) is 9.92. The minimum Gasteiger partial charge on any atom is -0.497 e. The number of carbonyl (C=O) groups excluding carboxylic acids is 1. The van der Waals surface area contributed by atoms with E-state index in [1.807, 2.05) is 48.5 Å². The van der Waals surface area contributed by atoms with Crippen molar-refractivity contribution in [1.29, 1.82) is 0 Å². The number of ether oxygens (including phenoxy) is 1. The Bertz CT molecular complexity index is 590. The molecular formula is C15H12O2S. The summed E-state index contributed by atoms with van der Waals surface area (Å²) in [5, 5.41) is 0.269. The van der Waals surface area contributed by atoms with E-state index in [4.69, 9.17) is 4.74 Å². The Balaban J connectivity index is 2.01. The van der Waals surface area contributed by atoms with Crippen molar-refractivity contribution in [3.8, 4) is 5.75 Å². The molecule has 0 N–H and O–H groups in total. The Morgan fingerprint density at radius 3 is 2.50 bits per heavy atom. The van der Waals surface area contributed by atoms with Crippen LogP contribution in [-0.2, 0) is 0 Å². The van der Waals surface area contributed by atoms with Gasteiger partial charge in [0.15, 0.2) is 0 Å². The molecule has 3 rings (SSSR count). The second-order valence-electron chi connectivity index (χ2n) is 4.15. The molecule has 0 saturated heterocycles. The van der Waals surface area contributed by atoms with Gasteiger partial charge in [0, 0.05) is 5.56 Å². The van der Waals surface area contributed by atoms with Gasteiger partial charge in [-0.15, -0.1) is 0 Å². The Morgan fingerprint density at radius 1 is 1.06 bits per heavy atom. The highest BCUT2D eigenvalue weighted by Crippen LogP contribution is 2.45. The lowest BCUT2D eigenvalue weighted by Crippen LogP contribution is -1.93. The van der Waals surface area contributed by atoms with Crippen LogP contribution in [0.5, 0.6) is 5.75 Å². The van der Waals surface area contributed by atoms with Crippen LogP contribution in [0.1, 0.15) is 26.7 Å². The summed E-state index contributed by atoms with van der Waals surface area (Å²) in [5.74, 6) is 0.835. The molecular weight excluding hydrogens is 244 g/mol. The maximum absolute atomic E-state index is 11.9. The van der Waals surface area contributed by atoms with Gasteiger partial charge in [-0.3, -0.25) is 4.79 Å². The van der Waals surface area contributed by atoms with Gasteiger partial charge in [-0.05, 0) is 23.3 Å². The van der Waals surface area contributed by atoms with Gasteiger partial charge in [0.2, 0.25) is 5.12 Å². The first-order valence-corrected chi connectivity index (χ1v) is 6.61. The van der Waals surface area contributed by atoms with Crippen LogP contribution in [0.15, 0.2) is 48.5 Å². The maximum Gasteiger partial charge on any atom is 0.220 e. The molecule has 2 nitrogen and oxygen atoms in total. The van der Waals surface area contributed by atoms with Crippen LogP contribution in [0, 0.1) is 0 Å². The van der Waals surface area contributed by atoms with Gasteiger partial charge < -0.3 is 4.74 Å². The summed E-state index contributed by atoms with van der Waals surface area (Å²) < 4.78 is 5.15. The molecule has 1 aliphatic rings. The Hall–Kier alpha value is -1.74. The van der Waals surface area contributed by atoms with Gasteiger partial charge in [-0.25, -0.2) is 0 Å². The van der Waals surface area contributed by atoms with E-state index in [0.29, 0.717) is 0 Å². The van der Waals surface area contributed by atoms with Crippen LogP contribution in [-0.4, -0.2) is 12.2 Å². The lowest BCUT2D eigenvalue weighted by atomic mass is 10.0. The highest BCUT2D eigenvalue weighted by molar-refractivity contribution is 8.15. The van der Waals surface area contributed by atoms with Crippen molar-refractivity contribution in [3.05, 3.63) is 65.2 Å². The topological polar surface area (TPSA) is 26.3 Å². The fraction of sp³-hybridized carbons (Fsp3) is 0.133. The number of methoxy groups -OCH3 is 1. The number of hydrogen-bond donors (Lipinski definition) is 0. The molecule has 2 aromatic rings. The van der Waals surface area contributed by atoms with E-state index in [-0.39, 0.29) is 10.4 Å². The Kier molecular flexibility index (Phi) is 2.84. The molecule has 1 heterocycles. The Labute approximate surface area is 110 Å². The molecule has 2 aromatic carbocycles. The van der Waals surface area contributed by atoms with E-state index in [1.165, 1.54) is 11.8 Å². The van der Waals surface area contributed by atoms with Gasteiger partial charge in [-0.1, -0.05) is 48.2 Å². The van der Waals surface area contributed by atoms with Crippen LogP contribution in [0.3, 0.4) is 0 Å². The van der Waals surface area contributed by atoms with E-state index >= 15 is 0 Å². The van der Waals surface area contributed by atoms with Crippen LogP contribution in [0.4, 0.5) is 0 Å². The average Bonchev–Trinajstić information content (AvgIpc) is 2.77. The van der Waals surface area contributed by atoms with Crippen molar-refractivity contribution in [2.75, 3.05) is 7.11 Å². The highest BCUT2D eigenvalue weighted by atomic mass is 32.2. The number of benzene rings is 2. The predicted molar refractivity (Wildman–Crippen MR) is 73.2 cm³/mol. The van der Waals surface area contributed by atoms with Crippen molar-refractivity contribution < 1.29 is 9.53 Å². The largest absolute Gasteiger partial charge is 0.497 e. The summed E-state index contributed by atoms with van der Waals surface area (Å²) in [4.78, 5) is 11.9. The molecule has 1 aliphatic heterocycles. The van der Waals surface area contributed by atoms with E-state index in [0.717, 1.165) is 22.4 Å². The zero-order valence-corrected chi connectivity index (χ0v) is 10.7. The summed E-state index contributed by atoms with van der Waals surface area (Å²) >= 11 is 1.38. The first-order chi connectivity index (χ1) is 8.79. The fourth-order valence-corrected chi connectivity index (χ4v) is 3.32. The first kappa shape index (κ1) is 11.4. The SMILES string of the molecule is COc1ccc(C2SC(=O)c3ccccc32)cc1. The van der Waals surface area contributed by atoms with Crippen molar-refractivity contribution in [3.63, 3.8) is 0 Å². The summed E-state index contributed by atoms with van der Waals surface area (Å²) in [5.41, 5.74) is 3.08. The lowest BCUT2D eigenvalue weighted by Gasteiger charge is -2.10. The first-order valence-electron chi connectivity index (χ1n) is 5.73. The van der Waals surface area contributed by atoms with E-state index in [1.54, 1.807) is 7.11 Å². The number of thioether (sulfide) groups is 1. The molecule has 0 spiro atoms. The standard InChI is InChI=1S/C15H12O2S/c1-17-11-8-6-10(7-9-11)14-12-4-2-3-5-13(12)15(16)18-14/h2-9,14H,1H3. The van der Waals surface area contributed by atoms with Crippen molar-refractivity contribution in [2.24, 2.45) is 0 Å². The van der Waals surface area contributed by atoms with Crippen LogP contribution in [0.25, 0.3) is 0 Å². The molecule has 0 radical (unpaired) electrons. The minimum atomic E-state index is 0.111. The van der Waals surface area contributed by atoms with Gasteiger partial charge >= 0.3 is 0 Å². The molecule has 0 saturated carbocycles. The number of carbonyl (C=O) groups is 1. The van der Waals surface area contributed by atoms with Gasteiger partial charge in [0.05, 0.1) is 12.4 Å². The number of hydrogen-bond acceptors (Lipinski definition) is 3. The van der Waals surface area contributed by atoms with Crippen LogP contribution >= 0.6 is 11.8 Å². The molecule has 1 unspecified atom stereocenters. The smallest absolute Gasteiger partial charge is 0.220 e. The summed E-state index contributed by atoms with van der Waals surface area (Å²) in [6, 6.07) is 15.7. The second-order valence-corrected chi connectivity index (χ2v) is 5.22. The summed E-state index contributed by atoms with van der Waals surface area (Å²) in [6.07, 6.45) is 0. The molecule has 0 aliphatic carbocycles. The normalized spacial score (nSPS) is 17.6. The highest BCUT2D eigenvalue weighted by Gasteiger charge is 2.30. The average molecular weight is 256 g/mol. The van der Waals surface area contributed by atoms with Crippen molar-refractivity contribution >= 4 is 16.9 Å². The van der Waals surface area contributed by atoms with E-state index in [2.05, 4.69) is 0 Å². The fourth-order valence-electron chi connectivity index (χ4n) is 2.17. The monoisotopic (exact) mass is 256 g/mol. The van der Waals surface area contributed by atoms with Crippen LogP contribution < -0.4 is 4.74 Å². The van der Waals surface area contributed by atoms with Crippen molar-refractivity contribution in [2.45, 2.75) is 5.25 Å². The summed E-state index contributed by atoms with van der Waals surface area (Å²) in [6.45, 7) is 0. The minimum absolute atomic E-state index is 0.111. The molecule has 90 valence electrons. The zero-order chi connectivity index (χ0) is 12.5. The quantitative estimate of drug-likeness (QED) is 0.820. The molecule has 0 bridgehead atoms. The molecule has 0 fully saturated rings. The van der Waals surface area contributed by atoms with Crippen LogP contribution in [0.2, 0.25) is 0 Å². The van der Waals surface area contributed by atoms with Gasteiger partial charge in [-0.2, -0.15) is 0 Å². The molecule has 18 heavy (non-hydrogen) atoms. The van der Waals surface area contributed by atoms with Crippen molar-refractivity contribution in [1.82, 2.24) is 0 Å². The van der Waals surface area contributed by atoms with E-state index in [9.17, 15) is 4.79 Å². The third-order valence-electron chi connectivity index (χ3n) is 3.11. The molecule has 0 amide bonds. The lowest BCUT2D eigenvalue weighted by molar-refractivity contribution is 0.109. The number of rotatable bonds is 2. The van der Waals surface area contributed by atoms with Gasteiger partial charge in [0.25, 0.3) is 0 Å². The molecule has 3 heteroatoms. The van der Waals surface area contributed by atoms with E-state index < -0.39 is 0 Å². The Morgan fingerprint density at radius 2 is 1.78 bits per heavy atom.